The van der Waals surface area contributed by atoms with Crippen LogP contribution in [0.25, 0.3) is 11.2 Å². The van der Waals surface area contributed by atoms with Gasteiger partial charge < -0.3 is 0 Å². The standard InChI is InChI=1S/C7H4BrF2N3/c8-4-1-5-6(11-2-4)13(3-12-5)7(9)10/h1-3,7H. The van der Waals surface area contributed by atoms with Crippen molar-refractivity contribution in [2.75, 3.05) is 0 Å². The monoisotopic (exact) mass is 247 g/mol. The molecule has 2 aromatic heterocycles. The number of pyridine rings is 1. The zero-order chi connectivity index (χ0) is 9.42. The van der Waals surface area contributed by atoms with E-state index in [4.69, 9.17) is 0 Å². The Morgan fingerprint density at radius 1 is 1.38 bits per heavy atom. The Morgan fingerprint density at radius 3 is 2.85 bits per heavy atom. The molecule has 0 amide bonds. The van der Waals surface area contributed by atoms with Gasteiger partial charge in [-0.3, -0.25) is 4.57 Å². The van der Waals surface area contributed by atoms with Gasteiger partial charge in [-0.05, 0) is 22.0 Å². The number of nitrogens with zero attached hydrogens (tertiary/aromatic N) is 3. The molecule has 0 spiro atoms. The van der Waals surface area contributed by atoms with E-state index in [-0.39, 0.29) is 5.65 Å². The zero-order valence-corrected chi connectivity index (χ0v) is 7.87. The molecule has 2 aromatic rings. The maximum Gasteiger partial charge on any atom is 0.321 e. The lowest BCUT2D eigenvalue weighted by atomic mass is 10.4. The Hall–Kier alpha value is -1.04. The maximum atomic E-state index is 12.3. The van der Waals surface area contributed by atoms with Gasteiger partial charge in [0.25, 0.3) is 0 Å². The summed E-state index contributed by atoms with van der Waals surface area (Å²) in [5.41, 5.74) is 0.646. The Balaban J connectivity index is 2.69. The lowest BCUT2D eigenvalue weighted by molar-refractivity contribution is 0.0740. The van der Waals surface area contributed by atoms with Gasteiger partial charge in [-0.15, -0.1) is 0 Å². The Kier molecular flexibility index (Phi) is 1.99. The number of alkyl halides is 2. The number of rotatable bonds is 1. The molecule has 0 atom stereocenters. The van der Waals surface area contributed by atoms with E-state index in [1.54, 1.807) is 6.07 Å². The molecule has 0 aliphatic rings. The van der Waals surface area contributed by atoms with Gasteiger partial charge in [0.05, 0.1) is 0 Å². The van der Waals surface area contributed by atoms with Crippen LogP contribution in [0.1, 0.15) is 6.55 Å². The normalized spacial score (nSPS) is 11.4. The first-order chi connectivity index (χ1) is 6.18. The molecule has 13 heavy (non-hydrogen) atoms. The summed E-state index contributed by atoms with van der Waals surface area (Å²) in [4.78, 5) is 7.63. The molecule has 0 saturated heterocycles. The molecule has 0 bridgehead atoms. The summed E-state index contributed by atoms with van der Waals surface area (Å²) >= 11 is 3.18. The van der Waals surface area contributed by atoms with Crippen LogP contribution in [0.3, 0.4) is 0 Å². The molecule has 0 fully saturated rings. The van der Waals surface area contributed by atoms with E-state index in [0.717, 1.165) is 15.4 Å². The fraction of sp³-hybridized carbons (Fsp3) is 0.143. The molecule has 0 radical (unpaired) electrons. The average molecular weight is 248 g/mol. The smallest absolute Gasteiger partial charge is 0.257 e. The fourth-order valence-electron chi connectivity index (χ4n) is 1.04. The summed E-state index contributed by atoms with van der Waals surface area (Å²) in [6, 6.07) is 1.64. The van der Waals surface area contributed by atoms with Crippen molar-refractivity contribution in [3.8, 4) is 0 Å². The highest BCUT2D eigenvalue weighted by Gasteiger charge is 2.11. The first-order valence-electron chi connectivity index (χ1n) is 3.45. The Bertz CT molecular complexity index is 440. The molecular weight excluding hydrogens is 244 g/mol. The minimum Gasteiger partial charge on any atom is -0.257 e. The molecule has 0 aliphatic carbocycles. The number of fused-ring (bicyclic) bond motifs is 1. The van der Waals surface area contributed by atoms with Crippen LogP contribution >= 0.6 is 15.9 Å². The van der Waals surface area contributed by atoms with E-state index in [0.29, 0.717) is 5.52 Å². The van der Waals surface area contributed by atoms with Gasteiger partial charge >= 0.3 is 6.55 Å². The van der Waals surface area contributed by atoms with E-state index in [1.165, 1.54) is 6.20 Å². The van der Waals surface area contributed by atoms with E-state index in [2.05, 4.69) is 25.9 Å². The molecule has 0 unspecified atom stereocenters. The lowest BCUT2D eigenvalue weighted by Crippen LogP contribution is -1.96. The van der Waals surface area contributed by atoms with Crippen LogP contribution < -0.4 is 0 Å². The molecule has 0 aliphatic heterocycles. The van der Waals surface area contributed by atoms with Crippen molar-refractivity contribution in [3.05, 3.63) is 23.1 Å². The highest BCUT2D eigenvalue weighted by molar-refractivity contribution is 9.10. The summed E-state index contributed by atoms with van der Waals surface area (Å²) in [6.07, 6.45) is 2.54. The third-order valence-corrected chi connectivity index (χ3v) is 2.02. The van der Waals surface area contributed by atoms with Crippen LogP contribution in [0.5, 0.6) is 0 Å². The highest BCUT2D eigenvalue weighted by atomic mass is 79.9. The van der Waals surface area contributed by atoms with Gasteiger partial charge in [0.15, 0.2) is 5.65 Å². The summed E-state index contributed by atoms with van der Waals surface area (Å²) in [7, 11) is 0. The minimum absolute atomic E-state index is 0.193. The molecule has 6 heteroatoms. The second kappa shape index (κ2) is 3.02. The van der Waals surface area contributed by atoms with Crippen molar-refractivity contribution in [2.45, 2.75) is 6.55 Å². The van der Waals surface area contributed by atoms with Crippen LogP contribution in [0.15, 0.2) is 23.1 Å². The average Bonchev–Trinajstić information content (AvgIpc) is 2.46. The third kappa shape index (κ3) is 1.41. The summed E-state index contributed by atoms with van der Waals surface area (Å²) < 4.78 is 26.0. The number of imidazole rings is 1. The van der Waals surface area contributed by atoms with Crippen molar-refractivity contribution in [1.29, 1.82) is 0 Å². The van der Waals surface area contributed by atoms with E-state index in [1.807, 2.05) is 0 Å². The molecule has 0 aromatic carbocycles. The largest absolute Gasteiger partial charge is 0.321 e. The van der Waals surface area contributed by atoms with Crippen LogP contribution in [-0.2, 0) is 0 Å². The fourth-order valence-corrected chi connectivity index (χ4v) is 1.36. The molecule has 2 heterocycles. The van der Waals surface area contributed by atoms with E-state index < -0.39 is 6.55 Å². The summed E-state index contributed by atoms with van der Waals surface area (Å²) in [5, 5.41) is 0. The number of hydrogen-bond donors (Lipinski definition) is 0. The van der Waals surface area contributed by atoms with E-state index in [9.17, 15) is 8.78 Å². The first kappa shape index (κ1) is 8.55. The van der Waals surface area contributed by atoms with Gasteiger partial charge in [0.1, 0.15) is 11.8 Å². The van der Waals surface area contributed by atoms with Crippen LogP contribution in [0, 0.1) is 0 Å². The Labute approximate surface area is 80.5 Å². The molecule has 68 valence electrons. The van der Waals surface area contributed by atoms with Crippen molar-refractivity contribution in [1.82, 2.24) is 14.5 Å². The maximum absolute atomic E-state index is 12.3. The second-order valence-corrected chi connectivity index (χ2v) is 3.34. The molecule has 3 nitrogen and oxygen atoms in total. The first-order valence-corrected chi connectivity index (χ1v) is 4.24. The summed E-state index contributed by atoms with van der Waals surface area (Å²) in [5.74, 6) is 0. The zero-order valence-electron chi connectivity index (χ0n) is 6.28. The molecule has 0 N–H and O–H groups in total. The van der Waals surface area contributed by atoms with Gasteiger partial charge in [-0.1, -0.05) is 0 Å². The quantitative estimate of drug-likeness (QED) is 0.776. The lowest BCUT2D eigenvalue weighted by Gasteiger charge is -1.99. The number of aromatic nitrogens is 3. The number of halogens is 3. The van der Waals surface area contributed by atoms with Crippen molar-refractivity contribution < 1.29 is 8.78 Å². The predicted molar refractivity (Wildman–Crippen MR) is 46.5 cm³/mol. The highest BCUT2D eigenvalue weighted by Crippen LogP contribution is 2.20. The van der Waals surface area contributed by atoms with Gasteiger partial charge in [-0.2, -0.15) is 8.78 Å². The van der Waals surface area contributed by atoms with Gasteiger partial charge in [-0.25, -0.2) is 9.97 Å². The van der Waals surface area contributed by atoms with Crippen LogP contribution in [0.4, 0.5) is 8.78 Å². The van der Waals surface area contributed by atoms with Gasteiger partial charge in [0, 0.05) is 10.7 Å². The van der Waals surface area contributed by atoms with E-state index >= 15 is 0 Å². The SMILES string of the molecule is FC(F)n1cnc2cc(Br)cnc21. The minimum atomic E-state index is -2.60. The molecule has 0 saturated carbocycles. The molecule has 2 rings (SSSR count). The second-order valence-electron chi connectivity index (χ2n) is 2.43. The Morgan fingerprint density at radius 2 is 2.15 bits per heavy atom. The number of hydrogen-bond acceptors (Lipinski definition) is 2. The topological polar surface area (TPSA) is 30.7 Å². The van der Waals surface area contributed by atoms with Gasteiger partial charge in [0.2, 0.25) is 0 Å². The summed E-state index contributed by atoms with van der Waals surface area (Å²) in [6.45, 7) is -2.60. The predicted octanol–water partition coefficient (Wildman–Crippen LogP) is 2.59. The van der Waals surface area contributed by atoms with Crippen molar-refractivity contribution in [2.24, 2.45) is 0 Å². The third-order valence-electron chi connectivity index (χ3n) is 1.59. The van der Waals surface area contributed by atoms with Crippen molar-refractivity contribution >= 4 is 27.1 Å². The molecular formula is C7H4BrF2N3. The van der Waals surface area contributed by atoms with Crippen LogP contribution in [0.2, 0.25) is 0 Å². The van der Waals surface area contributed by atoms with Crippen LogP contribution in [-0.4, -0.2) is 14.5 Å². The van der Waals surface area contributed by atoms with Crippen molar-refractivity contribution in [3.63, 3.8) is 0 Å².